The fourth-order valence-electron chi connectivity index (χ4n) is 8.04. The van der Waals surface area contributed by atoms with Crippen molar-refractivity contribution in [1.82, 2.24) is 19.4 Å². The quantitative estimate of drug-likeness (QED) is 0.262. The van der Waals surface area contributed by atoms with Crippen molar-refractivity contribution < 1.29 is 19.1 Å². The van der Waals surface area contributed by atoms with Crippen molar-refractivity contribution >= 4 is 51.7 Å². The van der Waals surface area contributed by atoms with Gasteiger partial charge < -0.3 is 19.9 Å². The maximum atomic E-state index is 16.2. The maximum absolute atomic E-state index is 16.2. The Morgan fingerprint density at radius 3 is 2.59 bits per heavy atom. The summed E-state index contributed by atoms with van der Waals surface area (Å²) in [5.41, 5.74) is 1.89. The highest BCUT2D eigenvalue weighted by atomic mass is 35.5. The second-order valence-electron chi connectivity index (χ2n) is 13.4. The zero-order chi connectivity index (χ0) is 31.9. The van der Waals surface area contributed by atoms with Crippen LogP contribution in [0.4, 0.5) is 10.1 Å². The van der Waals surface area contributed by atoms with Crippen LogP contribution in [0.3, 0.4) is 0 Å². The number of imidazole rings is 1. The van der Waals surface area contributed by atoms with Crippen LogP contribution in [0.15, 0.2) is 60.7 Å². The first-order valence-electron chi connectivity index (χ1n) is 15.9. The molecule has 4 aliphatic rings. The smallest absolute Gasteiger partial charge is 0.254 e. The lowest BCUT2D eigenvalue weighted by atomic mass is 9.73. The van der Waals surface area contributed by atoms with Crippen molar-refractivity contribution in [1.29, 1.82) is 0 Å². The van der Waals surface area contributed by atoms with E-state index in [0.717, 1.165) is 37.1 Å². The van der Waals surface area contributed by atoms with Crippen LogP contribution in [-0.2, 0) is 11.3 Å². The van der Waals surface area contributed by atoms with Gasteiger partial charge in [0.05, 0.1) is 22.2 Å². The lowest BCUT2D eigenvalue weighted by Crippen LogP contribution is -2.56. The number of fused-ring (bicyclic) bond motifs is 5. The van der Waals surface area contributed by atoms with Gasteiger partial charge in [-0.05, 0) is 80.1 Å². The van der Waals surface area contributed by atoms with Crippen molar-refractivity contribution in [3.63, 3.8) is 0 Å². The number of hydrogen-bond acceptors (Lipinski definition) is 5. The van der Waals surface area contributed by atoms with Crippen LogP contribution in [0.5, 0.6) is 0 Å². The SMILES string of the molecule is C[C@]1(C(=O)Nc2cccc(Cl)c2)[C@@H](c2cccc(Cl)c2F)[C@@H]2c3nc4cc(C(=O)N5CC(O)C5)ccc4n3CC[C@@H]2N1CC1CC1. The molecule has 3 fully saturated rings. The van der Waals surface area contributed by atoms with E-state index in [1.54, 1.807) is 53.4 Å². The number of benzene rings is 3. The van der Waals surface area contributed by atoms with E-state index in [1.165, 1.54) is 6.07 Å². The molecule has 8 nitrogen and oxygen atoms in total. The molecule has 1 aliphatic carbocycles. The summed E-state index contributed by atoms with van der Waals surface area (Å²) in [6.07, 6.45) is 2.46. The Kier molecular flexibility index (Phi) is 7.17. The highest BCUT2D eigenvalue weighted by Crippen LogP contribution is 2.58. The number of β-amino-alcohol motifs (C(OH)–C–C–N with tert-alkyl or cyclic N) is 1. The summed E-state index contributed by atoms with van der Waals surface area (Å²) in [7, 11) is 0. The normalized spacial score (nSPS) is 26.1. The van der Waals surface area contributed by atoms with Gasteiger partial charge in [0, 0.05) is 60.3 Å². The van der Waals surface area contributed by atoms with E-state index in [4.69, 9.17) is 28.2 Å². The fraction of sp³-hybridized carbons (Fsp3) is 0.400. The van der Waals surface area contributed by atoms with Crippen molar-refractivity contribution in [3.05, 3.63) is 93.5 Å². The summed E-state index contributed by atoms with van der Waals surface area (Å²) in [5, 5.41) is 13.3. The van der Waals surface area contributed by atoms with Gasteiger partial charge in [-0.1, -0.05) is 41.4 Å². The van der Waals surface area contributed by atoms with Gasteiger partial charge in [0.2, 0.25) is 5.91 Å². The number of carbonyl (C=O) groups is 2. The Labute approximate surface area is 276 Å². The molecular formula is C35H34Cl2FN5O3. The second-order valence-corrected chi connectivity index (χ2v) is 14.2. The molecule has 3 aliphatic heterocycles. The molecule has 0 unspecified atom stereocenters. The fourth-order valence-corrected chi connectivity index (χ4v) is 8.41. The minimum absolute atomic E-state index is 0.0101. The summed E-state index contributed by atoms with van der Waals surface area (Å²) in [5.74, 6) is -0.601. The van der Waals surface area contributed by atoms with E-state index in [9.17, 15) is 14.7 Å². The largest absolute Gasteiger partial charge is 0.389 e. The van der Waals surface area contributed by atoms with Crippen LogP contribution in [-0.4, -0.2) is 73.6 Å². The number of nitrogens with zero attached hydrogens (tertiary/aromatic N) is 4. The Hall–Kier alpha value is -3.50. The molecule has 4 atom stereocenters. The lowest BCUT2D eigenvalue weighted by Gasteiger charge is -2.40. The van der Waals surface area contributed by atoms with Crippen LogP contribution in [0.25, 0.3) is 11.0 Å². The number of anilines is 1. The molecule has 0 bridgehead atoms. The molecule has 4 heterocycles. The van der Waals surface area contributed by atoms with Gasteiger partial charge in [0.25, 0.3) is 5.91 Å². The summed E-state index contributed by atoms with van der Waals surface area (Å²) < 4.78 is 18.3. The van der Waals surface area contributed by atoms with E-state index in [-0.39, 0.29) is 28.8 Å². The highest BCUT2D eigenvalue weighted by molar-refractivity contribution is 6.31. The molecule has 46 heavy (non-hydrogen) atoms. The van der Waals surface area contributed by atoms with Crippen molar-refractivity contribution in [2.45, 2.75) is 62.3 Å². The Bertz CT molecular complexity index is 1890. The van der Waals surface area contributed by atoms with E-state index < -0.39 is 23.4 Å². The minimum Gasteiger partial charge on any atom is -0.389 e. The average molecular weight is 663 g/mol. The van der Waals surface area contributed by atoms with Gasteiger partial charge >= 0.3 is 0 Å². The number of aromatic nitrogens is 2. The highest BCUT2D eigenvalue weighted by Gasteiger charge is 2.63. The van der Waals surface area contributed by atoms with Crippen molar-refractivity contribution in [3.8, 4) is 0 Å². The Morgan fingerprint density at radius 2 is 1.85 bits per heavy atom. The average Bonchev–Trinajstić information content (AvgIpc) is 3.71. The number of aliphatic hydroxyl groups is 1. The third kappa shape index (κ3) is 4.74. The second kappa shape index (κ2) is 11.0. The van der Waals surface area contributed by atoms with Crippen LogP contribution >= 0.6 is 23.2 Å². The molecule has 2 N–H and O–H groups in total. The summed E-state index contributed by atoms with van der Waals surface area (Å²) in [4.78, 5) is 36.8. The van der Waals surface area contributed by atoms with Gasteiger partial charge in [0.15, 0.2) is 0 Å². The zero-order valence-electron chi connectivity index (χ0n) is 25.3. The van der Waals surface area contributed by atoms with Crippen LogP contribution in [0.1, 0.15) is 59.8 Å². The summed E-state index contributed by atoms with van der Waals surface area (Å²) in [6, 6.07) is 17.5. The molecule has 3 aromatic carbocycles. The first-order chi connectivity index (χ1) is 22.1. The zero-order valence-corrected chi connectivity index (χ0v) is 26.8. The monoisotopic (exact) mass is 661 g/mol. The molecule has 238 valence electrons. The Morgan fingerprint density at radius 1 is 1.07 bits per heavy atom. The summed E-state index contributed by atoms with van der Waals surface area (Å²) in [6.45, 7) is 3.97. The number of halogens is 3. The predicted molar refractivity (Wildman–Crippen MR) is 175 cm³/mol. The molecule has 4 aromatic rings. The summed E-state index contributed by atoms with van der Waals surface area (Å²) >= 11 is 12.7. The van der Waals surface area contributed by atoms with Crippen molar-refractivity contribution in [2.75, 3.05) is 25.0 Å². The number of aryl methyl sites for hydroxylation is 1. The van der Waals surface area contributed by atoms with E-state index in [2.05, 4.69) is 14.8 Å². The van der Waals surface area contributed by atoms with Crippen LogP contribution in [0.2, 0.25) is 10.0 Å². The third-order valence-corrected chi connectivity index (χ3v) is 11.0. The lowest BCUT2D eigenvalue weighted by molar-refractivity contribution is -0.127. The van der Waals surface area contributed by atoms with Gasteiger partial charge in [-0.15, -0.1) is 0 Å². The van der Waals surface area contributed by atoms with Gasteiger partial charge in [-0.3, -0.25) is 14.5 Å². The minimum atomic E-state index is -1.15. The number of likely N-dealkylation sites (tertiary alicyclic amines) is 2. The van der Waals surface area contributed by atoms with Gasteiger partial charge in [-0.25, -0.2) is 9.37 Å². The number of amides is 2. The van der Waals surface area contributed by atoms with Crippen LogP contribution < -0.4 is 5.32 Å². The van der Waals surface area contributed by atoms with E-state index in [1.807, 2.05) is 13.0 Å². The molecule has 1 saturated carbocycles. The molecule has 0 radical (unpaired) electrons. The topological polar surface area (TPSA) is 90.7 Å². The van der Waals surface area contributed by atoms with Gasteiger partial charge in [0.1, 0.15) is 17.2 Å². The first kappa shape index (κ1) is 29.9. The Balaban J connectivity index is 1.27. The first-order valence-corrected chi connectivity index (χ1v) is 16.6. The molecule has 0 spiro atoms. The number of rotatable bonds is 6. The number of aliphatic hydroxyl groups excluding tert-OH is 1. The molecule has 2 amide bonds. The van der Waals surface area contributed by atoms with Crippen LogP contribution in [0, 0.1) is 11.7 Å². The molecule has 11 heteroatoms. The van der Waals surface area contributed by atoms with E-state index >= 15 is 4.39 Å². The maximum Gasteiger partial charge on any atom is 0.254 e. The molecule has 8 rings (SSSR count). The van der Waals surface area contributed by atoms with E-state index in [0.29, 0.717) is 52.9 Å². The van der Waals surface area contributed by atoms with Gasteiger partial charge in [-0.2, -0.15) is 0 Å². The van der Waals surface area contributed by atoms with Crippen molar-refractivity contribution in [2.24, 2.45) is 5.92 Å². The molecular weight excluding hydrogens is 628 g/mol. The number of nitrogens with one attached hydrogen (secondary N) is 1. The third-order valence-electron chi connectivity index (χ3n) is 10.5. The number of hydrogen-bond donors (Lipinski definition) is 2. The standard InChI is InChI=1S/C35H34Cl2FN5O3/c1-35(34(46)39-22-5-2-4-21(36)15-22)30(24-6-3-7-25(37)31(24)38)29-28(43(35)16-19-8-9-19)12-13-42-27-11-10-20(14-26(27)40-32(29)42)33(45)41-17-23(44)18-41/h2-7,10-11,14-15,19,23,28-30,44H,8-9,12-13,16-18H2,1H3,(H,39,46)/t28-,29+,30-,35+/m0/s1. The molecule has 2 saturated heterocycles. The number of carbonyl (C=O) groups excluding carboxylic acids is 2. The molecule has 1 aromatic heterocycles. The predicted octanol–water partition coefficient (Wildman–Crippen LogP) is 6.06.